The fourth-order valence-corrected chi connectivity index (χ4v) is 2.14. The Bertz CT molecular complexity index is 322. The molecule has 0 fully saturated rings. The summed E-state index contributed by atoms with van der Waals surface area (Å²) in [6.07, 6.45) is -0.274. The molecule has 5 heteroatoms. The molecule has 0 aliphatic carbocycles. The standard InChI is InChI=1S/C10H15NO3S/c1-7(12)5-11-6-9-3-2-8(15-9)4-10(13)14/h2-3,7,11-12H,4-6H2,1H3,(H,13,14). The third-order valence-electron chi connectivity index (χ3n) is 1.78. The van der Waals surface area contributed by atoms with Crippen molar-refractivity contribution in [1.29, 1.82) is 0 Å². The summed E-state index contributed by atoms with van der Waals surface area (Å²) in [4.78, 5) is 12.4. The van der Waals surface area contributed by atoms with Gasteiger partial charge in [-0.15, -0.1) is 11.3 Å². The van der Waals surface area contributed by atoms with Crippen LogP contribution in [0.5, 0.6) is 0 Å². The lowest BCUT2D eigenvalue weighted by Gasteiger charge is -2.04. The van der Waals surface area contributed by atoms with E-state index in [-0.39, 0.29) is 12.5 Å². The molecule has 3 N–H and O–H groups in total. The van der Waals surface area contributed by atoms with Crippen LogP contribution in [0.25, 0.3) is 0 Å². The maximum atomic E-state index is 10.4. The molecule has 84 valence electrons. The number of carboxylic acid groups (broad SMARTS) is 1. The van der Waals surface area contributed by atoms with E-state index in [0.29, 0.717) is 13.1 Å². The van der Waals surface area contributed by atoms with Gasteiger partial charge >= 0.3 is 5.97 Å². The summed E-state index contributed by atoms with van der Waals surface area (Å²) in [6, 6.07) is 3.75. The monoisotopic (exact) mass is 229 g/mol. The summed E-state index contributed by atoms with van der Waals surface area (Å²) in [7, 11) is 0. The van der Waals surface area contributed by atoms with Crippen molar-refractivity contribution >= 4 is 17.3 Å². The smallest absolute Gasteiger partial charge is 0.308 e. The number of aliphatic hydroxyl groups excluding tert-OH is 1. The highest BCUT2D eigenvalue weighted by Crippen LogP contribution is 2.16. The van der Waals surface area contributed by atoms with Crippen molar-refractivity contribution in [2.75, 3.05) is 6.54 Å². The molecule has 1 aromatic rings. The summed E-state index contributed by atoms with van der Waals surface area (Å²) in [5, 5.41) is 20.7. The summed E-state index contributed by atoms with van der Waals surface area (Å²) in [5.41, 5.74) is 0. The zero-order chi connectivity index (χ0) is 11.3. The van der Waals surface area contributed by atoms with Crippen LogP contribution in [0.4, 0.5) is 0 Å². The zero-order valence-electron chi connectivity index (χ0n) is 8.56. The lowest BCUT2D eigenvalue weighted by molar-refractivity contribution is -0.136. The molecular formula is C10H15NO3S. The van der Waals surface area contributed by atoms with Crippen molar-refractivity contribution in [3.05, 3.63) is 21.9 Å². The van der Waals surface area contributed by atoms with Crippen molar-refractivity contribution in [3.8, 4) is 0 Å². The molecule has 1 atom stereocenters. The van der Waals surface area contributed by atoms with Crippen molar-refractivity contribution < 1.29 is 15.0 Å². The van der Waals surface area contributed by atoms with Crippen molar-refractivity contribution in [2.24, 2.45) is 0 Å². The molecule has 0 spiro atoms. The third kappa shape index (κ3) is 4.92. The first kappa shape index (κ1) is 12.2. The Balaban J connectivity index is 2.36. The highest BCUT2D eigenvalue weighted by molar-refractivity contribution is 7.12. The first-order chi connectivity index (χ1) is 7.08. The van der Waals surface area contributed by atoms with E-state index in [1.165, 1.54) is 11.3 Å². The molecule has 0 aliphatic rings. The molecule has 1 rings (SSSR count). The van der Waals surface area contributed by atoms with Crippen LogP contribution in [0.3, 0.4) is 0 Å². The van der Waals surface area contributed by atoms with E-state index in [1.54, 1.807) is 6.92 Å². The van der Waals surface area contributed by atoms with Crippen LogP contribution in [-0.4, -0.2) is 28.8 Å². The van der Waals surface area contributed by atoms with Gasteiger partial charge in [-0.1, -0.05) is 0 Å². The van der Waals surface area contributed by atoms with Crippen LogP contribution >= 0.6 is 11.3 Å². The van der Waals surface area contributed by atoms with Gasteiger partial charge in [0.25, 0.3) is 0 Å². The van der Waals surface area contributed by atoms with Gasteiger partial charge in [-0.3, -0.25) is 4.79 Å². The van der Waals surface area contributed by atoms with Crippen LogP contribution in [0, 0.1) is 0 Å². The second kappa shape index (κ2) is 5.85. The van der Waals surface area contributed by atoms with Crippen LogP contribution in [0.2, 0.25) is 0 Å². The molecule has 0 amide bonds. The van der Waals surface area contributed by atoms with Gasteiger partial charge in [0.2, 0.25) is 0 Å². The van der Waals surface area contributed by atoms with E-state index in [2.05, 4.69) is 5.32 Å². The molecule has 1 unspecified atom stereocenters. The minimum Gasteiger partial charge on any atom is -0.481 e. The van der Waals surface area contributed by atoms with E-state index in [1.807, 2.05) is 12.1 Å². The topological polar surface area (TPSA) is 69.6 Å². The van der Waals surface area contributed by atoms with Gasteiger partial charge in [0.05, 0.1) is 12.5 Å². The van der Waals surface area contributed by atoms with Gasteiger partial charge in [0.1, 0.15) is 0 Å². The largest absolute Gasteiger partial charge is 0.481 e. The van der Waals surface area contributed by atoms with E-state index in [0.717, 1.165) is 9.75 Å². The highest BCUT2D eigenvalue weighted by Gasteiger charge is 2.04. The summed E-state index contributed by atoms with van der Waals surface area (Å²) < 4.78 is 0. The highest BCUT2D eigenvalue weighted by atomic mass is 32.1. The number of rotatable bonds is 6. The summed E-state index contributed by atoms with van der Waals surface area (Å²) in [5.74, 6) is -0.805. The quantitative estimate of drug-likeness (QED) is 0.676. The number of hydrogen-bond acceptors (Lipinski definition) is 4. The second-order valence-corrected chi connectivity index (χ2v) is 4.67. The Hall–Kier alpha value is -0.910. The lowest BCUT2D eigenvalue weighted by atomic mass is 10.3. The third-order valence-corrected chi connectivity index (χ3v) is 2.87. The fourth-order valence-electron chi connectivity index (χ4n) is 1.17. The Labute approximate surface area is 92.6 Å². The molecule has 0 radical (unpaired) electrons. The van der Waals surface area contributed by atoms with E-state index < -0.39 is 5.97 Å². The van der Waals surface area contributed by atoms with Crippen LogP contribution in [0.1, 0.15) is 16.7 Å². The molecule has 15 heavy (non-hydrogen) atoms. The van der Waals surface area contributed by atoms with Gasteiger partial charge in [-0.25, -0.2) is 0 Å². The molecule has 1 heterocycles. The molecular weight excluding hydrogens is 214 g/mol. The predicted octanol–water partition coefficient (Wildman–Crippen LogP) is 0.846. The first-order valence-electron chi connectivity index (χ1n) is 4.76. The second-order valence-electron chi connectivity index (χ2n) is 3.42. The van der Waals surface area contributed by atoms with Crippen molar-refractivity contribution in [3.63, 3.8) is 0 Å². The van der Waals surface area contributed by atoms with Gasteiger partial charge < -0.3 is 15.5 Å². The van der Waals surface area contributed by atoms with Crippen LogP contribution < -0.4 is 5.32 Å². The molecule has 4 nitrogen and oxygen atoms in total. The zero-order valence-corrected chi connectivity index (χ0v) is 9.38. The van der Waals surface area contributed by atoms with E-state index in [9.17, 15) is 4.79 Å². The number of nitrogens with one attached hydrogen (secondary N) is 1. The number of thiophene rings is 1. The minimum absolute atomic E-state index is 0.0844. The number of carbonyl (C=O) groups is 1. The SMILES string of the molecule is CC(O)CNCc1ccc(CC(=O)O)s1. The Kier molecular flexibility index (Phi) is 4.74. The molecule has 0 bridgehead atoms. The Morgan fingerprint density at radius 3 is 2.80 bits per heavy atom. The maximum Gasteiger partial charge on any atom is 0.308 e. The predicted molar refractivity (Wildman–Crippen MR) is 59.0 cm³/mol. The maximum absolute atomic E-state index is 10.4. The first-order valence-corrected chi connectivity index (χ1v) is 5.57. The van der Waals surface area contributed by atoms with E-state index >= 15 is 0 Å². The average Bonchev–Trinajstić information content (AvgIpc) is 2.50. The number of aliphatic carboxylic acids is 1. The van der Waals surface area contributed by atoms with E-state index in [4.69, 9.17) is 10.2 Å². The molecule has 0 saturated heterocycles. The number of carboxylic acids is 1. The fraction of sp³-hybridized carbons (Fsp3) is 0.500. The summed E-state index contributed by atoms with van der Waals surface area (Å²) in [6.45, 7) is 2.94. The Morgan fingerprint density at radius 1 is 1.53 bits per heavy atom. The van der Waals surface area contributed by atoms with Gasteiger partial charge in [-0.2, -0.15) is 0 Å². The molecule has 0 aliphatic heterocycles. The Morgan fingerprint density at radius 2 is 2.20 bits per heavy atom. The normalized spacial score (nSPS) is 12.7. The molecule has 0 saturated carbocycles. The minimum atomic E-state index is -0.805. The van der Waals surface area contributed by atoms with Gasteiger partial charge in [0.15, 0.2) is 0 Å². The van der Waals surface area contributed by atoms with Gasteiger partial charge in [-0.05, 0) is 19.1 Å². The number of aliphatic hydroxyl groups is 1. The van der Waals surface area contributed by atoms with Crippen LogP contribution in [0.15, 0.2) is 12.1 Å². The molecule has 0 aromatic carbocycles. The average molecular weight is 229 g/mol. The van der Waals surface area contributed by atoms with Crippen molar-refractivity contribution in [2.45, 2.75) is 26.0 Å². The molecule has 1 aromatic heterocycles. The summed E-state index contributed by atoms with van der Waals surface area (Å²) >= 11 is 1.49. The van der Waals surface area contributed by atoms with Crippen LogP contribution in [-0.2, 0) is 17.8 Å². The van der Waals surface area contributed by atoms with Crippen molar-refractivity contribution in [1.82, 2.24) is 5.32 Å². The number of hydrogen-bond donors (Lipinski definition) is 3. The van der Waals surface area contributed by atoms with Gasteiger partial charge in [0, 0.05) is 22.8 Å². The lowest BCUT2D eigenvalue weighted by Crippen LogP contribution is -2.23.